The molecule has 3 rings (SSSR count). The normalized spacial score (nSPS) is 10.5. The third-order valence-corrected chi connectivity index (χ3v) is 3.30. The molecule has 0 aliphatic heterocycles. The van der Waals surface area contributed by atoms with E-state index < -0.39 is 0 Å². The number of amides is 1. The maximum absolute atomic E-state index is 13.1. The Labute approximate surface area is 132 Å². The highest BCUT2D eigenvalue weighted by molar-refractivity contribution is 5.91. The van der Waals surface area contributed by atoms with E-state index in [2.05, 4.69) is 20.6 Å². The topological polar surface area (TPSA) is 66.9 Å². The number of nitrogens with one attached hydrogen (secondary N) is 2. The molecule has 0 saturated heterocycles. The molecule has 0 fully saturated rings. The Morgan fingerprint density at radius 2 is 1.96 bits per heavy atom. The predicted octanol–water partition coefficient (Wildman–Crippen LogP) is 3.21. The monoisotopic (exact) mass is 310 g/mol. The molecule has 0 aliphatic carbocycles. The van der Waals surface area contributed by atoms with Crippen LogP contribution in [0.15, 0.2) is 54.9 Å². The summed E-state index contributed by atoms with van der Waals surface area (Å²) in [5, 5.41) is 6.69. The number of rotatable bonds is 5. The largest absolute Gasteiger partial charge is 0.369 e. The van der Waals surface area contributed by atoms with Gasteiger partial charge in [0.25, 0.3) is 0 Å². The van der Waals surface area contributed by atoms with Crippen LogP contribution in [0.25, 0.3) is 10.9 Å². The van der Waals surface area contributed by atoms with Crippen LogP contribution in [0, 0.1) is 5.82 Å². The zero-order chi connectivity index (χ0) is 16.1. The van der Waals surface area contributed by atoms with Crippen molar-refractivity contribution in [1.29, 1.82) is 0 Å². The molecule has 23 heavy (non-hydrogen) atoms. The highest BCUT2D eigenvalue weighted by Crippen LogP contribution is 2.18. The highest BCUT2D eigenvalue weighted by Gasteiger charge is 2.05. The first kappa shape index (κ1) is 14.9. The van der Waals surface area contributed by atoms with Gasteiger partial charge in [0.15, 0.2) is 0 Å². The van der Waals surface area contributed by atoms with Crippen molar-refractivity contribution < 1.29 is 9.18 Å². The van der Waals surface area contributed by atoms with Crippen molar-refractivity contribution in [3.8, 4) is 0 Å². The first-order valence-corrected chi connectivity index (χ1v) is 7.21. The van der Waals surface area contributed by atoms with Gasteiger partial charge in [0.1, 0.15) is 18.0 Å². The molecule has 1 heterocycles. The molecule has 0 atom stereocenters. The second-order valence-electron chi connectivity index (χ2n) is 4.97. The van der Waals surface area contributed by atoms with Crippen LogP contribution in [-0.2, 0) is 4.79 Å². The van der Waals surface area contributed by atoms with Crippen LogP contribution in [0.4, 0.5) is 15.9 Å². The lowest BCUT2D eigenvalue weighted by Gasteiger charge is -2.08. The van der Waals surface area contributed by atoms with E-state index in [-0.39, 0.29) is 18.1 Å². The van der Waals surface area contributed by atoms with Crippen LogP contribution < -0.4 is 10.6 Å². The van der Waals surface area contributed by atoms with Crippen LogP contribution in [0.5, 0.6) is 0 Å². The van der Waals surface area contributed by atoms with Gasteiger partial charge < -0.3 is 10.6 Å². The first-order valence-electron chi connectivity index (χ1n) is 7.21. The molecule has 0 unspecified atom stereocenters. The lowest BCUT2D eigenvalue weighted by atomic mass is 10.2. The quantitative estimate of drug-likeness (QED) is 0.759. The number of carbonyl (C=O) groups is 1. The van der Waals surface area contributed by atoms with Crippen LogP contribution in [0.2, 0.25) is 0 Å². The molecule has 0 spiro atoms. The molecule has 0 aliphatic rings. The molecule has 2 N–H and O–H groups in total. The van der Waals surface area contributed by atoms with E-state index in [0.29, 0.717) is 18.1 Å². The summed E-state index contributed by atoms with van der Waals surface area (Å²) in [5.41, 5.74) is 1.29. The summed E-state index contributed by atoms with van der Waals surface area (Å²) < 4.78 is 13.1. The van der Waals surface area contributed by atoms with Crippen molar-refractivity contribution in [1.82, 2.24) is 9.97 Å². The van der Waals surface area contributed by atoms with Gasteiger partial charge in [-0.1, -0.05) is 18.2 Å². The average Bonchev–Trinajstić information content (AvgIpc) is 2.55. The molecule has 1 amide bonds. The minimum absolute atomic E-state index is 0.193. The fourth-order valence-corrected chi connectivity index (χ4v) is 2.23. The van der Waals surface area contributed by atoms with E-state index in [0.717, 1.165) is 10.9 Å². The number of carbonyl (C=O) groups excluding carboxylic acids is 1. The molecule has 2 aromatic carbocycles. The number of benzene rings is 2. The van der Waals surface area contributed by atoms with Crippen LogP contribution >= 0.6 is 0 Å². The number of aromatic nitrogens is 2. The second kappa shape index (κ2) is 6.83. The van der Waals surface area contributed by atoms with Crippen LogP contribution in [0.3, 0.4) is 0 Å². The van der Waals surface area contributed by atoms with Gasteiger partial charge in [-0.2, -0.15) is 0 Å². The molecular formula is C17H15FN4O. The molecule has 116 valence electrons. The van der Waals surface area contributed by atoms with E-state index in [9.17, 15) is 9.18 Å². The molecule has 0 radical (unpaired) electrons. The summed E-state index contributed by atoms with van der Waals surface area (Å²) in [6, 6.07) is 13.5. The number of fused-ring (bicyclic) bond motifs is 1. The molecule has 5 nitrogen and oxygen atoms in total. The summed E-state index contributed by atoms with van der Waals surface area (Å²) in [6.07, 6.45) is 1.73. The van der Waals surface area contributed by atoms with Gasteiger partial charge in [-0.05, 0) is 30.3 Å². The minimum Gasteiger partial charge on any atom is -0.369 e. The van der Waals surface area contributed by atoms with E-state index in [1.54, 1.807) is 12.1 Å². The summed E-state index contributed by atoms with van der Waals surface area (Å²) in [5.74, 6) is 0.115. The molecular weight excluding hydrogens is 295 g/mol. The molecule has 0 saturated carbocycles. The van der Waals surface area contributed by atoms with Crippen molar-refractivity contribution in [2.45, 2.75) is 6.42 Å². The SMILES string of the molecule is O=C(CCNc1ncnc2ccccc12)Nc1cccc(F)c1. The number of nitrogens with zero attached hydrogens (tertiary/aromatic N) is 2. The third-order valence-electron chi connectivity index (χ3n) is 3.30. The number of halogens is 1. The smallest absolute Gasteiger partial charge is 0.226 e. The van der Waals surface area contributed by atoms with Gasteiger partial charge in [-0.15, -0.1) is 0 Å². The number of hydrogen-bond acceptors (Lipinski definition) is 4. The number of hydrogen-bond donors (Lipinski definition) is 2. The molecule has 3 aromatic rings. The zero-order valence-electron chi connectivity index (χ0n) is 12.3. The Morgan fingerprint density at radius 3 is 2.83 bits per heavy atom. The number of anilines is 2. The maximum Gasteiger partial charge on any atom is 0.226 e. The Kier molecular flexibility index (Phi) is 4.42. The lowest BCUT2D eigenvalue weighted by molar-refractivity contribution is -0.115. The Morgan fingerprint density at radius 1 is 1.09 bits per heavy atom. The second-order valence-corrected chi connectivity index (χ2v) is 4.97. The van der Waals surface area contributed by atoms with Crippen LogP contribution in [-0.4, -0.2) is 22.4 Å². The van der Waals surface area contributed by atoms with Crippen molar-refractivity contribution in [3.05, 3.63) is 60.7 Å². The maximum atomic E-state index is 13.1. The lowest BCUT2D eigenvalue weighted by Crippen LogP contribution is -2.16. The first-order chi connectivity index (χ1) is 11.2. The average molecular weight is 310 g/mol. The number of para-hydroxylation sites is 1. The Balaban J connectivity index is 1.57. The van der Waals surface area contributed by atoms with Crippen molar-refractivity contribution in [3.63, 3.8) is 0 Å². The fraction of sp³-hybridized carbons (Fsp3) is 0.118. The summed E-state index contributed by atoms with van der Waals surface area (Å²) in [6.45, 7) is 0.419. The standard InChI is InChI=1S/C17H15FN4O/c18-12-4-3-5-13(10-12)22-16(23)8-9-19-17-14-6-1-2-7-15(14)20-11-21-17/h1-7,10-11H,8-9H2,(H,22,23)(H,19,20,21). The third kappa shape index (κ3) is 3.79. The van der Waals surface area contributed by atoms with Gasteiger partial charge in [-0.3, -0.25) is 4.79 Å². The summed E-state index contributed by atoms with van der Waals surface area (Å²) >= 11 is 0. The summed E-state index contributed by atoms with van der Waals surface area (Å²) in [7, 11) is 0. The van der Waals surface area contributed by atoms with Gasteiger partial charge in [0.05, 0.1) is 5.52 Å². The highest BCUT2D eigenvalue weighted by atomic mass is 19.1. The van der Waals surface area contributed by atoms with Gasteiger partial charge in [-0.25, -0.2) is 14.4 Å². The van der Waals surface area contributed by atoms with E-state index in [4.69, 9.17) is 0 Å². The van der Waals surface area contributed by atoms with Crippen molar-refractivity contribution in [2.24, 2.45) is 0 Å². The minimum atomic E-state index is -0.381. The summed E-state index contributed by atoms with van der Waals surface area (Å²) in [4.78, 5) is 20.3. The van der Waals surface area contributed by atoms with Gasteiger partial charge in [0, 0.05) is 24.0 Å². The zero-order valence-corrected chi connectivity index (χ0v) is 12.3. The fourth-order valence-electron chi connectivity index (χ4n) is 2.23. The van der Waals surface area contributed by atoms with Crippen LogP contribution in [0.1, 0.15) is 6.42 Å². The van der Waals surface area contributed by atoms with E-state index in [1.165, 1.54) is 18.5 Å². The predicted molar refractivity (Wildman–Crippen MR) is 87.7 cm³/mol. The molecule has 1 aromatic heterocycles. The Bertz CT molecular complexity index is 832. The van der Waals surface area contributed by atoms with E-state index in [1.807, 2.05) is 24.3 Å². The molecule has 6 heteroatoms. The van der Waals surface area contributed by atoms with Crippen molar-refractivity contribution >= 4 is 28.3 Å². The van der Waals surface area contributed by atoms with Crippen molar-refractivity contribution in [2.75, 3.05) is 17.2 Å². The Hall–Kier alpha value is -3.02. The van der Waals surface area contributed by atoms with E-state index >= 15 is 0 Å². The molecule has 0 bridgehead atoms. The van der Waals surface area contributed by atoms with Gasteiger partial charge >= 0.3 is 0 Å². The van der Waals surface area contributed by atoms with Gasteiger partial charge in [0.2, 0.25) is 5.91 Å².